The number of benzene rings is 7. The highest BCUT2D eigenvalue weighted by atomic mass is 16.3. The molecule has 0 saturated carbocycles. The Bertz CT molecular complexity index is 2800. The monoisotopic (exact) mass is 695 g/mol. The van der Waals surface area contributed by atoms with Crippen molar-refractivity contribution in [2.24, 2.45) is 9.98 Å². The largest absolute Gasteiger partial charge is 0.454 e. The first-order chi connectivity index (χ1) is 26.7. The molecule has 3 aliphatic heterocycles. The molecule has 11 rings (SSSR count). The first-order valence-electron chi connectivity index (χ1n) is 18.3. The maximum absolute atomic E-state index is 6.67. The average Bonchev–Trinajstić information content (AvgIpc) is 3.83. The van der Waals surface area contributed by atoms with Crippen LogP contribution in [0, 0.1) is 0 Å². The van der Waals surface area contributed by atoms with E-state index in [-0.39, 0.29) is 12.3 Å². The highest BCUT2D eigenvalue weighted by molar-refractivity contribution is 6.13. The molecule has 0 saturated heterocycles. The SMILES string of the molecule is c1ccc(C2=NC(c3cccc(-c4cccc(-c5ccc6oc7c(c6c5)N5c6ccccc6NC5c5ccccc5-7)c4)c3)=NC(c3ccccc3)N2)cc1. The first kappa shape index (κ1) is 30.4. The summed E-state index contributed by atoms with van der Waals surface area (Å²) in [4.78, 5) is 12.6. The molecule has 1 aromatic heterocycles. The second kappa shape index (κ2) is 12.2. The van der Waals surface area contributed by atoms with Gasteiger partial charge in [-0.1, -0.05) is 140 Å². The predicted octanol–water partition coefficient (Wildman–Crippen LogP) is 11.5. The quantitative estimate of drug-likeness (QED) is 0.188. The Morgan fingerprint density at radius 1 is 0.537 bits per heavy atom. The maximum atomic E-state index is 6.67. The molecule has 0 aliphatic carbocycles. The van der Waals surface area contributed by atoms with Crippen LogP contribution < -0.4 is 15.5 Å². The molecule has 0 bridgehead atoms. The highest BCUT2D eigenvalue weighted by Gasteiger charge is 2.40. The predicted molar refractivity (Wildman–Crippen MR) is 219 cm³/mol. The van der Waals surface area contributed by atoms with Gasteiger partial charge in [-0.15, -0.1) is 0 Å². The van der Waals surface area contributed by atoms with Gasteiger partial charge in [-0.05, 0) is 64.2 Å². The molecule has 6 heteroatoms. The van der Waals surface area contributed by atoms with Gasteiger partial charge in [0.2, 0.25) is 0 Å². The summed E-state index contributed by atoms with van der Waals surface area (Å²) in [7, 11) is 0. The van der Waals surface area contributed by atoms with Crippen molar-refractivity contribution in [1.29, 1.82) is 0 Å². The second-order valence-electron chi connectivity index (χ2n) is 13.9. The van der Waals surface area contributed by atoms with Gasteiger partial charge < -0.3 is 20.0 Å². The van der Waals surface area contributed by atoms with E-state index in [4.69, 9.17) is 14.4 Å². The minimum atomic E-state index is -0.252. The van der Waals surface area contributed by atoms with Gasteiger partial charge in [-0.3, -0.25) is 0 Å². The zero-order valence-electron chi connectivity index (χ0n) is 29.1. The molecule has 6 nitrogen and oxygen atoms in total. The van der Waals surface area contributed by atoms with Crippen LogP contribution >= 0.6 is 0 Å². The Kier molecular flexibility index (Phi) is 6.89. The van der Waals surface area contributed by atoms with Gasteiger partial charge in [0.15, 0.2) is 11.6 Å². The summed E-state index contributed by atoms with van der Waals surface area (Å²) >= 11 is 0. The van der Waals surface area contributed by atoms with Gasteiger partial charge in [0.1, 0.15) is 23.8 Å². The third-order valence-electron chi connectivity index (χ3n) is 10.7. The number of furan rings is 1. The Morgan fingerprint density at radius 2 is 1.19 bits per heavy atom. The van der Waals surface area contributed by atoms with Crippen LogP contribution in [0.4, 0.5) is 17.1 Å². The first-order valence-corrected chi connectivity index (χ1v) is 18.3. The Labute approximate surface area is 312 Å². The zero-order chi connectivity index (χ0) is 35.6. The summed E-state index contributed by atoms with van der Waals surface area (Å²) in [6.07, 6.45) is -0.259. The van der Waals surface area contributed by atoms with E-state index in [9.17, 15) is 0 Å². The van der Waals surface area contributed by atoms with Crippen molar-refractivity contribution < 1.29 is 4.42 Å². The van der Waals surface area contributed by atoms with Crippen LogP contribution in [0.5, 0.6) is 0 Å². The molecule has 0 radical (unpaired) electrons. The lowest BCUT2D eigenvalue weighted by Crippen LogP contribution is -2.33. The van der Waals surface area contributed by atoms with Crippen LogP contribution in [0.3, 0.4) is 0 Å². The molecule has 0 spiro atoms. The molecular weight excluding hydrogens is 663 g/mol. The van der Waals surface area contributed by atoms with E-state index in [1.807, 2.05) is 36.4 Å². The van der Waals surface area contributed by atoms with Crippen molar-refractivity contribution in [2.75, 3.05) is 10.2 Å². The Balaban J connectivity index is 0.983. The number of fused-ring (bicyclic) bond motifs is 10. The fraction of sp³-hybridized carbons (Fsp3) is 0.0417. The summed E-state index contributed by atoms with van der Waals surface area (Å²) in [5.74, 6) is 2.42. The smallest absolute Gasteiger partial charge is 0.159 e. The number of aliphatic imine (C=N–C) groups is 2. The molecular formula is C48H33N5O. The summed E-state index contributed by atoms with van der Waals surface area (Å²) < 4.78 is 6.67. The number of anilines is 3. The summed E-state index contributed by atoms with van der Waals surface area (Å²) in [5, 5.41) is 8.43. The summed E-state index contributed by atoms with van der Waals surface area (Å²) in [6.45, 7) is 0. The Morgan fingerprint density at radius 3 is 2.00 bits per heavy atom. The van der Waals surface area contributed by atoms with Crippen LogP contribution in [0.2, 0.25) is 0 Å². The fourth-order valence-corrected chi connectivity index (χ4v) is 8.09. The van der Waals surface area contributed by atoms with E-state index < -0.39 is 0 Å². The third-order valence-corrected chi connectivity index (χ3v) is 10.7. The lowest BCUT2D eigenvalue weighted by atomic mass is 9.94. The van der Waals surface area contributed by atoms with E-state index >= 15 is 0 Å². The van der Waals surface area contributed by atoms with Gasteiger partial charge in [0, 0.05) is 27.6 Å². The van der Waals surface area contributed by atoms with Crippen molar-refractivity contribution in [3.05, 3.63) is 198 Å². The lowest BCUT2D eigenvalue weighted by Gasteiger charge is -2.32. The van der Waals surface area contributed by atoms with E-state index in [1.54, 1.807) is 0 Å². The van der Waals surface area contributed by atoms with Gasteiger partial charge in [0.05, 0.1) is 17.1 Å². The van der Waals surface area contributed by atoms with E-state index in [2.05, 4.69) is 155 Å². The minimum Gasteiger partial charge on any atom is -0.454 e. The van der Waals surface area contributed by atoms with Gasteiger partial charge in [-0.25, -0.2) is 9.98 Å². The second-order valence-corrected chi connectivity index (χ2v) is 13.9. The molecule has 2 atom stereocenters. The molecule has 7 aromatic carbocycles. The number of para-hydroxylation sites is 2. The standard InChI is InChI=1S/C48H33N5O/c1-3-13-30(14-4-1)45-50-46(31-15-5-2-6-16-31)52-47(51-45)36-20-12-19-34(28-36)32-17-11-18-33(27-32)35-25-26-42-39(29-35)43-44(54-42)37-21-7-8-22-38(37)48-49-40-23-9-10-24-41(40)53(43)48/h1-29,45,48-49H,(H,50,51,52). The molecule has 256 valence electrons. The molecule has 54 heavy (non-hydrogen) atoms. The van der Waals surface area contributed by atoms with Crippen molar-refractivity contribution in [2.45, 2.75) is 12.3 Å². The lowest BCUT2D eigenvalue weighted by molar-refractivity contribution is 0.622. The number of amidine groups is 2. The number of rotatable bonds is 5. The molecule has 0 amide bonds. The summed E-state index contributed by atoms with van der Waals surface area (Å²) in [5.41, 5.74) is 14.2. The number of nitrogens with one attached hydrogen (secondary N) is 2. The van der Waals surface area contributed by atoms with E-state index in [0.717, 1.165) is 84.1 Å². The van der Waals surface area contributed by atoms with E-state index in [1.165, 1.54) is 5.56 Å². The number of hydrogen-bond acceptors (Lipinski definition) is 6. The van der Waals surface area contributed by atoms with Crippen molar-refractivity contribution in [3.63, 3.8) is 0 Å². The minimum absolute atomic E-state index is 0.00760. The fourth-order valence-electron chi connectivity index (χ4n) is 8.09. The molecule has 8 aromatic rings. The number of nitrogens with zero attached hydrogens (tertiary/aromatic N) is 3. The summed E-state index contributed by atoms with van der Waals surface area (Å²) in [6, 6.07) is 61.5. The van der Waals surface area contributed by atoms with Gasteiger partial charge in [0.25, 0.3) is 0 Å². The van der Waals surface area contributed by atoms with Crippen LogP contribution in [-0.2, 0) is 0 Å². The van der Waals surface area contributed by atoms with E-state index in [0.29, 0.717) is 5.84 Å². The van der Waals surface area contributed by atoms with Crippen molar-refractivity contribution in [1.82, 2.24) is 5.32 Å². The third kappa shape index (κ3) is 4.95. The molecule has 2 N–H and O–H groups in total. The molecule has 2 unspecified atom stereocenters. The number of hydrogen-bond donors (Lipinski definition) is 2. The highest BCUT2D eigenvalue weighted by Crippen LogP contribution is 2.57. The average molecular weight is 696 g/mol. The van der Waals surface area contributed by atoms with Crippen LogP contribution in [-0.4, -0.2) is 11.7 Å². The van der Waals surface area contributed by atoms with Gasteiger partial charge in [-0.2, -0.15) is 0 Å². The zero-order valence-corrected chi connectivity index (χ0v) is 29.1. The molecule has 3 aliphatic rings. The van der Waals surface area contributed by atoms with Gasteiger partial charge >= 0.3 is 0 Å². The van der Waals surface area contributed by atoms with Crippen LogP contribution in [0.15, 0.2) is 190 Å². The maximum Gasteiger partial charge on any atom is 0.159 e. The van der Waals surface area contributed by atoms with Crippen LogP contribution in [0.1, 0.15) is 34.6 Å². The van der Waals surface area contributed by atoms with Crippen LogP contribution in [0.25, 0.3) is 44.5 Å². The van der Waals surface area contributed by atoms with Crippen molar-refractivity contribution in [3.8, 4) is 33.6 Å². The molecule has 0 fully saturated rings. The normalized spacial score (nSPS) is 16.6. The molecule has 4 heterocycles. The topological polar surface area (TPSA) is 65.2 Å². The Hall–Kier alpha value is -7.18. The van der Waals surface area contributed by atoms with Crippen molar-refractivity contribution >= 4 is 39.7 Å².